The van der Waals surface area contributed by atoms with Gasteiger partial charge in [-0.05, 0) is 24.6 Å². The number of nitrogens with zero attached hydrogens (tertiary/aromatic N) is 3. The smallest absolute Gasteiger partial charge is 0.270 e. The van der Waals surface area contributed by atoms with Crippen molar-refractivity contribution < 1.29 is 9.59 Å². The molecule has 27 heavy (non-hydrogen) atoms. The summed E-state index contributed by atoms with van der Waals surface area (Å²) in [5.41, 5.74) is 2.75. The van der Waals surface area contributed by atoms with Gasteiger partial charge in [-0.3, -0.25) is 19.5 Å². The molecule has 142 valence electrons. The zero-order chi connectivity index (χ0) is 19.2. The number of aromatic nitrogens is 1. The van der Waals surface area contributed by atoms with Crippen LogP contribution in [0.5, 0.6) is 0 Å². The maximum absolute atomic E-state index is 12.4. The summed E-state index contributed by atoms with van der Waals surface area (Å²) in [4.78, 5) is 32.5. The van der Waals surface area contributed by atoms with E-state index in [0.29, 0.717) is 18.1 Å². The number of carbonyl (C=O) groups excluding carboxylic acids is 2. The highest BCUT2D eigenvalue weighted by Gasteiger charge is 2.21. The fourth-order valence-electron chi connectivity index (χ4n) is 3.11. The molecule has 2 heterocycles. The van der Waals surface area contributed by atoms with Crippen LogP contribution in [0.25, 0.3) is 0 Å². The predicted molar refractivity (Wildman–Crippen MR) is 105 cm³/mol. The molecular weight excluding hydrogens is 364 g/mol. The van der Waals surface area contributed by atoms with Gasteiger partial charge in [0, 0.05) is 43.9 Å². The van der Waals surface area contributed by atoms with Crippen LogP contribution in [0.2, 0.25) is 5.02 Å². The Morgan fingerprint density at radius 2 is 1.93 bits per heavy atom. The molecule has 1 fully saturated rings. The lowest BCUT2D eigenvalue weighted by atomic mass is 10.1. The van der Waals surface area contributed by atoms with E-state index in [1.54, 1.807) is 11.0 Å². The predicted octanol–water partition coefficient (Wildman–Crippen LogP) is 2.12. The second kappa shape index (κ2) is 8.97. The third kappa shape index (κ3) is 5.52. The number of hydrogen-bond donors (Lipinski definition) is 1. The SMILES string of the molecule is Cc1cccc(CN2CCN(C(=O)CNC(=O)c3cc(Cl)ccn3)CC2)c1. The molecule has 0 bridgehead atoms. The van der Waals surface area contributed by atoms with Crippen LogP contribution in [0.15, 0.2) is 42.6 Å². The molecule has 1 aromatic heterocycles. The number of halogens is 1. The van der Waals surface area contributed by atoms with Crippen LogP contribution >= 0.6 is 11.6 Å². The molecule has 0 spiro atoms. The Hall–Kier alpha value is -2.44. The first kappa shape index (κ1) is 19.3. The highest BCUT2D eigenvalue weighted by Crippen LogP contribution is 2.11. The lowest BCUT2D eigenvalue weighted by Crippen LogP contribution is -2.50. The summed E-state index contributed by atoms with van der Waals surface area (Å²) < 4.78 is 0. The summed E-state index contributed by atoms with van der Waals surface area (Å²) in [6, 6.07) is 11.6. The Labute approximate surface area is 164 Å². The standard InChI is InChI=1S/C20H23ClN4O2/c1-15-3-2-4-16(11-15)14-24-7-9-25(10-8-24)19(26)13-23-20(27)18-12-17(21)5-6-22-18/h2-6,11-12H,7-10,13-14H2,1H3,(H,23,27). The zero-order valence-corrected chi connectivity index (χ0v) is 16.1. The number of amides is 2. The Morgan fingerprint density at radius 3 is 2.63 bits per heavy atom. The zero-order valence-electron chi connectivity index (χ0n) is 15.3. The normalized spacial score (nSPS) is 14.8. The Balaban J connectivity index is 1.43. The van der Waals surface area contributed by atoms with Crippen molar-refractivity contribution in [3.8, 4) is 0 Å². The highest BCUT2D eigenvalue weighted by molar-refractivity contribution is 6.30. The van der Waals surface area contributed by atoms with Crippen LogP contribution < -0.4 is 5.32 Å². The number of carbonyl (C=O) groups is 2. The van der Waals surface area contributed by atoms with Crippen LogP contribution in [0.1, 0.15) is 21.6 Å². The van der Waals surface area contributed by atoms with E-state index in [4.69, 9.17) is 11.6 Å². The van der Waals surface area contributed by atoms with Gasteiger partial charge in [0.25, 0.3) is 5.91 Å². The number of nitrogens with one attached hydrogen (secondary N) is 1. The average Bonchev–Trinajstić information content (AvgIpc) is 2.66. The number of rotatable bonds is 5. The molecule has 1 aromatic carbocycles. The Bertz CT molecular complexity index is 819. The molecule has 1 aliphatic rings. The van der Waals surface area contributed by atoms with E-state index < -0.39 is 5.91 Å². The van der Waals surface area contributed by atoms with E-state index in [2.05, 4.69) is 46.4 Å². The molecule has 1 saturated heterocycles. The maximum Gasteiger partial charge on any atom is 0.270 e. The van der Waals surface area contributed by atoms with Crippen molar-refractivity contribution >= 4 is 23.4 Å². The second-order valence-electron chi connectivity index (χ2n) is 6.69. The minimum atomic E-state index is -0.399. The van der Waals surface area contributed by atoms with E-state index in [0.717, 1.165) is 19.6 Å². The third-order valence-corrected chi connectivity index (χ3v) is 4.80. The number of aryl methyl sites for hydroxylation is 1. The van der Waals surface area contributed by atoms with Crippen LogP contribution in [-0.2, 0) is 11.3 Å². The van der Waals surface area contributed by atoms with Crippen LogP contribution in [0, 0.1) is 6.92 Å². The Morgan fingerprint density at radius 1 is 1.15 bits per heavy atom. The van der Waals surface area contributed by atoms with Gasteiger partial charge in [0.1, 0.15) is 5.69 Å². The molecule has 0 saturated carbocycles. The van der Waals surface area contributed by atoms with Gasteiger partial charge in [0.2, 0.25) is 5.91 Å². The van der Waals surface area contributed by atoms with E-state index in [1.807, 2.05) is 0 Å². The molecule has 2 amide bonds. The monoisotopic (exact) mass is 386 g/mol. The number of piperazine rings is 1. The molecule has 0 unspecified atom stereocenters. The average molecular weight is 387 g/mol. The largest absolute Gasteiger partial charge is 0.342 e. The topological polar surface area (TPSA) is 65.5 Å². The van der Waals surface area contributed by atoms with E-state index in [9.17, 15) is 9.59 Å². The van der Waals surface area contributed by atoms with E-state index >= 15 is 0 Å². The van der Waals surface area contributed by atoms with Gasteiger partial charge in [-0.1, -0.05) is 41.4 Å². The molecule has 7 heteroatoms. The van der Waals surface area contributed by atoms with Crippen LogP contribution in [0.4, 0.5) is 0 Å². The molecule has 0 aliphatic carbocycles. The van der Waals surface area contributed by atoms with E-state index in [1.165, 1.54) is 23.4 Å². The summed E-state index contributed by atoms with van der Waals surface area (Å²) in [6.07, 6.45) is 1.46. The molecule has 1 aliphatic heterocycles. The van der Waals surface area contributed by atoms with Gasteiger partial charge in [0.15, 0.2) is 0 Å². The van der Waals surface area contributed by atoms with Crippen molar-refractivity contribution in [3.05, 3.63) is 64.4 Å². The van der Waals surface area contributed by atoms with Crippen molar-refractivity contribution in [3.63, 3.8) is 0 Å². The second-order valence-corrected chi connectivity index (χ2v) is 7.12. The van der Waals surface area contributed by atoms with Gasteiger partial charge in [-0.2, -0.15) is 0 Å². The van der Waals surface area contributed by atoms with Gasteiger partial charge >= 0.3 is 0 Å². The summed E-state index contributed by atoms with van der Waals surface area (Å²) in [5, 5.41) is 3.05. The van der Waals surface area contributed by atoms with Crippen molar-refractivity contribution in [1.29, 1.82) is 0 Å². The molecular formula is C20H23ClN4O2. The number of hydrogen-bond acceptors (Lipinski definition) is 4. The molecule has 0 atom stereocenters. The fourth-order valence-corrected chi connectivity index (χ4v) is 3.27. The lowest BCUT2D eigenvalue weighted by Gasteiger charge is -2.34. The van der Waals surface area contributed by atoms with Crippen LogP contribution in [0.3, 0.4) is 0 Å². The maximum atomic E-state index is 12.4. The molecule has 3 rings (SSSR count). The van der Waals surface area contributed by atoms with Gasteiger partial charge in [-0.15, -0.1) is 0 Å². The van der Waals surface area contributed by atoms with Crippen molar-refractivity contribution in [2.75, 3.05) is 32.7 Å². The molecule has 2 aromatic rings. The first-order valence-electron chi connectivity index (χ1n) is 8.97. The molecule has 1 N–H and O–H groups in total. The fraction of sp³-hybridized carbons (Fsp3) is 0.350. The van der Waals surface area contributed by atoms with E-state index in [-0.39, 0.29) is 18.1 Å². The summed E-state index contributed by atoms with van der Waals surface area (Å²) >= 11 is 5.85. The van der Waals surface area contributed by atoms with Gasteiger partial charge in [-0.25, -0.2) is 0 Å². The summed E-state index contributed by atoms with van der Waals surface area (Å²) in [6.45, 7) is 5.91. The number of benzene rings is 1. The lowest BCUT2D eigenvalue weighted by molar-refractivity contribution is -0.131. The summed E-state index contributed by atoms with van der Waals surface area (Å²) in [7, 11) is 0. The van der Waals surface area contributed by atoms with Gasteiger partial charge < -0.3 is 10.2 Å². The molecule has 6 nitrogen and oxygen atoms in total. The van der Waals surface area contributed by atoms with Crippen LogP contribution in [-0.4, -0.2) is 59.3 Å². The highest BCUT2D eigenvalue weighted by atomic mass is 35.5. The first-order chi connectivity index (χ1) is 13.0. The van der Waals surface area contributed by atoms with Crippen molar-refractivity contribution in [1.82, 2.24) is 20.1 Å². The quantitative estimate of drug-likeness (QED) is 0.854. The van der Waals surface area contributed by atoms with Crippen molar-refractivity contribution in [2.45, 2.75) is 13.5 Å². The summed E-state index contributed by atoms with van der Waals surface area (Å²) in [5.74, 6) is -0.482. The van der Waals surface area contributed by atoms with Crippen molar-refractivity contribution in [2.24, 2.45) is 0 Å². The third-order valence-electron chi connectivity index (χ3n) is 4.57. The Kier molecular flexibility index (Phi) is 6.42. The minimum Gasteiger partial charge on any atom is -0.342 e. The molecule has 0 radical (unpaired) electrons. The first-order valence-corrected chi connectivity index (χ1v) is 9.34. The minimum absolute atomic E-state index is 0.0368. The number of pyridine rings is 1. The van der Waals surface area contributed by atoms with Gasteiger partial charge in [0.05, 0.1) is 6.54 Å².